The molecular weight excluding hydrogens is 440 g/mol. The molecule has 0 N–H and O–H groups in total. The number of aromatic nitrogens is 2. The van der Waals surface area contributed by atoms with Gasteiger partial charge in [-0.2, -0.15) is 4.31 Å². The van der Waals surface area contributed by atoms with Crippen LogP contribution in [0.25, 0.3) is 10.9 Å². The summed E-state index contributed by atoms with van der Waals surface area (Å²) in [5.74, 6) is 1.32. The van der Waals surface area contributed by atoms with Crippen LogP contribution in [-0.4, -0.2) is 60.0 Å². The van der Waals surface area contributed by atoms with Crippen LogP contribution in [0.3, 0.4) is 0 Å². The Bertz CT molecular complexity index is 1300. The number of hydrogen-bond donors (Lipinski definition) is 0. The lowest BCUT2D eigenvalue weighted by Crippen LogP contribution is -2.54. The van der Waals surface area contributed by atoms with Gasteiger partial charge in [-0.05, 0) is 57.2 Å². The van der Waals surface area contributed by atoms with E-state index in [0.29, 0.717) is 48.7 Å². The van der Waals surface area contributed by atoms with E-state index in [1.807, 2.05) is 39.0 Å². The third kappa shape index (κ3) is 4.28. The van der Waals surface area contributed by atoms with Gasteiger partial charge in [0.15, 0.2) is 0 Å². The summed E-state index contributed by atoms with van der Waals surface area (Å²) < 4.78 is 34.9. The molecular formula is C24H30N4O4S. The lowest BCUT2D eigenvalue weighted by molar-refractivity contribution is 0.103. The van der Waals surface area contributed by atoms with Crippen molar-refractivity contribution in [2.45, 2.75) is 44.3 Å². The molecule has 1 fully saturated rings. The number of rotatable bonds is 6. The van der Waals surface area contributed by atoms with Gasteiger partial charge in [0.2, 0.25) is 10.0 Å². The molecule has 9 heteroatoms. The van der Waals surface area contributed by atoms with Crippen molar-refractivity contribution in [3.63, 3.8) is 0 Å². The molecule has 1 saturated heterocycles. The number of hydrogen-bond acceptors (Lipinski definition) is 6. The summed E-state index contributed by atoms with van der Waals surface area (Å²) in [6, 6.07) is 13.5. The fourth-order valence-electron chi connectivity index (χ4n) is 4.53. The van der Waals surface area contributed by atoms with E-state index < -0.39 is 10.0 Å². The van der Waals surface area contributed by atoms with E-state index in [0.717, 1.165) is 0 Å². The minimum absolute atomic E-state index is 0.0429. The average Bonchev–Trinajstić information content (AvgIpc) is 2.83. The Morgan fingerprint density at radius 1 is 1.12 bits per heavy atom. The van der Waals surface area contributed by atoms with Crippen LogP contribution in [0.4, 0.5) is 0 Å². The zero-order valence-electron chi connectivity index (χ0n) is 19.4. The second-order valence-corrected chi connectivity index (χ2v) is 10.2. The Balaban J connectivity index is 1.58. The monoisotopic (exact) mass is 470 g/mol. The first-order chi connectivity index (χ1) is 15.8. The SMILES string of the molecule is CCn1c(C(C)N2CCN(S(=O)(=O)c3ccc(OC)cc3)C(C)C2)nc2ccccc2c1=O. The highest BCUT2D eigenvalue weighted by molar-refractivity contribution is 7.89. The van der Waals surface area contributed by atoms with Crippen LogP contribution in [0.1, 0.15) is 32.6 Å². The van der Waals surface area contributed by atoms with Crippen LogP contribution >= 0.6 is 0 Å². The van der Waals surface area contributed by atoms with Gasteiger partial charge in [-0.15, -0.1) is 0 Å². The van der Waals surface area contributed by atoms with Crippen molar-refractivity contribution >= 4 is 20.9 Å². The summed E-state index contributed by atoms with van der Waals surface area (Å²) in [5.41, 5.74) is 0.640. The van der Waals surface area contributed by atoms with Gasteiger partial charge < -0.3 is 4.74 Å². The molecule has 2 unspecified atom stereocenters. The lowest BCUT2D eigenvalue weighted by Gasteiger charge is -2.41. The standard InChI is InChI=1S/C24H30N4O4S/c1-5-27-23(25-22-9-7-6-8-21(22)24(27)29)18(3)26-14-15-28(17(2)16-26)33(30,31)20-12-10-19(32-4)11-13-20/h6-13,17-18H,5,14-16H2,1-4H3. The minimum atomic E-state index is -3.62. The van der Waals surface area contributed by atoms with Gasteiger partial charge in [0.25, 0.3) is 5.56 Å². The van der Waals surface area contributed by atoms with Crippen LogP contribution < -0.4 is 10.3 Å². The minimum Gasteiger partial charge on any atom is -0.497 e. The molecule has 2 heterocycles. The maximum absolute atomic E-state index is 13.2. The molecule has 0 radical (unpaired) electrons. The number of ether oxygens (including phenoxy) is 1. The molecule has 1 aromatic heterocycles. The number of fused-ring (bicyclic) bond motifs is 1. The summed E-state index contributed by atoms with van der Waals surface area (Å²) in [4.78, 5) is 20.3. The van der Waals surface area contributed by atoms with E-state index >= 15 is 0 Å². The molecule has 3 aromatic rings. The highest BCUT2D eigenvalue weighted by Gasteiger charge is 2.36. The molecule has 4 rings (SSSR count). The third-order valence-electron chi connectivity index (χ3n) is 6.39. The number of piperazine rings is 1. The maximum atomic E-state index is 13.2. The predicted molar refractivity (Wildman–Crippen MR) is 128 cm³/mol. The van der Waals surface area contributed by atoms with Crippen molar-refractivity contribution in [2.75, 3.05) is 26.7 Å². The summed E-state index contributed by atoms with van der Waals surface area (Å²) in [5, 5.41) is 0.610. The van der Waals surface area contributed by atoms with E-state index in [2.05, 4.69) is 4.90 Å². The van der Waals surface area contributed by atoms with Gasteiger partial charge in [-0.3, -0.25) is 14.3 Å². The quantitative estimate of drug-likeness (QED) is 0.551. The van der Waals surface area contributed by atoms with Crippen LogP contribution in [0.15, 0.2) is 58.2 Å². The second kappa shape index (κ2) is 9.24. The first-order valence-electron chi connectivity index (χ1n) is 11.2. The van der Waals surface area contributed by atoms with Gasteiger partial charge in [-0.1, -0.05) is 12.1 Å². The molecule has 0 spiro atoms. The van der Waals surface area contributed by atoms with Gasteiger partial charge in [0, 0.05) is 32.2 Å². The number of sulfonamides is 1. The first kappa shape index (κ1) is 23.4. The predicted octanol–water partition coefficient (Wildman–Crippen LogP) is 2.88. The van der Waals surface area contributed by atoms with Crippen LogP contribution in [0.2, 0.25) is 0 Å². The van der Waals surface area contributed by atoms with Crippen molar-refractivity contribution in [3.05, 3.63) is 64.7 Å². The van der Waals surface area contributed by atoms with Crippen molar-refractivity contribution in [1.29, 1.82) is 0 Å². The van der Waals surface area contributed by atoms with Gasteiger partial charge in [0.1, 0.15) is 11.6 Å². The molecule has 1 aliphatic heterocycles. The third-order valence-corrected chi connectivity index (χ3v) is 8.42. The zero-order valence-corrected chi connectivity index (χ0v) is 20.2. The molecule has 0 aliphatic carbocycles. The topological polar surface area (TPSA) is 84.7 Å². The fourth-order valence-corrected chi connectivity index (χ4v) is 6.15. The fraction of sp³-hybridized carbons (Fsp3) is 0.417. The Morgan fingerprint density at radius 2 is 1.82 bits per heavy atom. The van der Waals surface area contributed by atoms with Gasteiger partial charge in [0.05, 0.1) is 29.0 Å². The Labute approximate surface area is 194 Å². The van der Waals surface area contributed by atoms with Crippen molar-refractivity contribution in [2.24, 2.45) is 0 Å². The van der Waals surface area contributed by atoms with Crippen molar-refractivity contribution in [1.82, 2.24) is 18.8 Å². The molecule has 0 saturated carbocycles. The van der Waals surface area contributed by atoms with E-state index in [-0.39, 0.29) is 22.5 Å². The number of nitrogens with zero attached hydrogens (tertiary/aromatic N) is 4. The molecule has 33 heavy (non-hydrogen) atoms. The van der Waals surface area contributed by atoms with Crippen LogP contribution in [0.5, 0.6) is 5.75 Å². The van der Waals surface area contributed by atoms with Gasteiger partial charge >= 0.3 is 0 Å². The molecule has 1 aliphatic rings. The Morgan fingerprint density at radius 3 is 2.45 bits per heavy atom. The molecule has 176 valence electrons. The number of para-hydroxylation sites is 1. The second-order valence-electron chi connectivity index (χ2n) is 8.35. The van der Waals surface area contributed by atoms with Gasteiger partial charge in [-0.25, -0.2) is 13.4 Å². The zero-order chi connectivity index (χ0) is 23.8. The molecule has 2 aromatic carbocycles. The van der Waals surface area contributed by atoms with E-state index in [1.54, 1.807) is 46.3 Å². The van der Waals surface area contributed by atoms with Crippen LogP contribution in [-0.2, 0) is 16.6 Å². The average molecular weight is 471 g/mol. The lowest BCUT2D eigenvalue weighted by atomic mass is 10.1. The Hall–Kier alpha value is -2.75. The van der Waals surface area contributed by atoms with Crippen molar-refractivity contribution in [3.8, 4) is 5.75 Å². The molecule has 0 amide bonds. The van der Waals surface area contributed by atoms with E-state index in [9.17, 15) is 13.2 Å². The summed E-state index contributed by atoms with van der Waals surface area (Å²) in [7, 11) is -2.07. The molecule has 2 atom stereocenters. The summed E-state index contributed by atoms with van der Waals surface area (Å²) in [6.07, 6.45) is 0. The first-order valence-corrected chi connectivity index (χ1v) is 12.6. The highest BCUT2D eigenvalue weighted by atomic mass is 32.2. The molecule has 8 nitrogen and oxygen atoms in total. The maximum Gasteiger partial charge on any atom is 0.261 e. The van der Waals surface area contributed by atoms with Crippen LogP contribution in [0, 0.1) is 0 Å². The highest BCUT2D eigenvalue weighted by Crippen LogP contribution is 2.27. The largest absolute Gasteiger partial charge is 0.497 e. The van der Waals surface area contributed by atoms with E-state index in [4.69, 9.17) is 9.72 Å². The Kier molecular flexibility index (Phi) is 6.56. The number of methoxy groups -OCH3 is 1. The summed E-state index contributed by atoms with van der Waals surface area (Å²) in [6.45, 7) is 7.87. The summed E-state index contributed by atoms with van der Waals surface area (Å²) >= 11 is 0. The number of benzene rings is 2. The smallest absolute Gasteiger partial charge is 0.261 e. The molecule has 0 bridgehead atoms. The van der Waals surface area contributed by atoms with E-state index in [1.165, 1.54) is 0 Å². The van der Waals surface area contributed by atoms with Crippen molar-refractivity contribution < 1.29 is 13.2 Å². The normalized spacial score (nSPS) is 19.0.